The van der Waals surface area contributed by atoms with Gasteiger partial charge >= 0.3 is 5.97 Å². The molecule has 0 fully saturated rings. The van der Waals surface area contributed by atoms with Crippen molar-refractivity contribution in [1.82, 2.24) is 5.32 Å². The maximum Gasteiger partial charge on any atom is 0.307 e. The first-order valence-corrected chi connectivity index (χ1v) is 9.77. The van der Waals surface area contributed by atoms with Gasteiger partial charge in [0.05, 0.1) is 40.0 Å². The number of carbonyl (C=O) groups excluding carboxylic acids is 1. The van der Waals surface area contributed by atoms with Crippen molar-refractivity contribution in [2.24, 2.45) is 0 Å². The number of ether oxygens (including phenoxy) is 3. The summed E-state index contributed by atoms with van der Waals surface area (Å²) in [6.45, 7) is 3.42. The van der Waals surface area contributed by atoms with Crippen molar-refractivity contribution in [2.75, 3.05) is 40.1 Å². The Morgan fingerprint density at radius 3 is 2.55 bits per heavy atom. The van der Waals surface area contributed by atoms with Crippen molar-refractivity contribution in [3.63, 3.8) is 0 Å². The number of hydrogen-bond acceptors (Lipinski definition) is 6. The highest BCUT2D eigenvalue weighted by molar-refractivity contribution is 5.83. The van der Waals surface area contributed by atoms with Crippen LogP contribution in [0.4, 0.5) is 0 Å². The molecule has 154 valence electrons. The summed E-state index contributed by atoms with van der Waals surface area (Å²) in [5.74, 6) is 0.618. The van der Waals surface area contributed by atoms with E-state index >= 15 is 0 Å². The fourth-order valence-electron chi connectivity index (χ4n) is 2.89. The Morgan fingerprint density at radius 1 is 0.966 bits per heavy atom. The Labute approximate surface area is 170 Å². The molecule has 0 spiro atoms. The summed E-state index contributed by atoms with van der Waals surface area (Å²) in [4.78, 5) is 10.9. The van der Waals surface area contributed by atoms with E-state index in [-0.39, 0.29) is 12.4 Å². The summed E-state index contributed by atoms with van der Waals surface area (Å²) in [5, 5.41) is 4.46. The minimum Gasteiger partial charge on any atom is -0.469 e. The molecule has 29 heavy (non-hydrogen) atoms. The number of hydrogen-bond donors (Lipinski definition) is 1. The molecular formula is C23H27NO5. The molecule has 1 heterocycles. The van der Waals surface area contributed by atoms with Crippen molar-refractivity contribution in [2.45, 2.75) is 13.0 Å². The number of furan rings is 1. The van der Waals surface area contributed by atoms with Crippen LogP contribution < -0.4 is 5.32 Å². The number of carbonyl (C=O) groups is 1. The summed E-state index contributed by atoms with van der Waals surface area (Å²) in [5.41, 5.74) is 3.14. The number of esters is 1. The highest BCUT2D eigenvalue weighted by Gasteiger charge is 2.06. The maximum absolute atomic E-state index is 10.9. The first-order chi connectivity index (χ1) is 14.3. The molecule has 0 saturated carbocycles. The third kappa shape index (κ3) is 6.71. The summed E-state index contributed by atoms with van der Waals surface area (Å²) >= 11 is 0. The molecule has 0 unspecified atom stereocenters. The van der Waals surface area contributed by atoms with Crippen LogP contribution >= 0.6 is 0 Å². The average Bonchev–Trinajstić information content (AvgIpc) is 3.19. The second-order valence-corrected chi connectivity index (χ2v) is 6.58. The lowest BCUT2D eigenvalue weighted by Crippen LogP contribution is -2.20. The molecular weight excluding hydrogens is 370 g/mol. The SMILES string of the molecule is COC(=O)CCOCCOCCNCc1ccc2cc(-c3ccccc3)oc2c1. The standard InChI is InChI=1S/C23H27NO5/c1-26-23(25)9-11-27-13-14-28-12-10-24-17-18-7-8-20-16-22(29-21(20)15-18)19-5-3-2-4-6-19/h2-8,15-16,24H,9-14,17H2,1H3. The van der Waals surface area contributed by atoms with E-state index in [2.05, 4.69) is 34.3 Å². The zero-order valence-electron chi connectivity index (χ0n) is 16.7. The summed E-state index contributed by atoms with van der Waals surface area (Å²) in [7, 11) is 1.37. The van der Waals surface area contributed by atoms with E-state index in [0.29, 0.717) is 26.4 Å². The van der Waals surface area contributed by atoms with Gasteiger partial charge in [-0.1, -0.05) is 42.5 Å². The molecule has 3 rings (SSSR count). The molecule has 3 aromatic rings. The fraction of sp³-hybridized carbons (Fsp3) is 0.348. The molecule has 1 N–H and O–H groups in total. The highest BCUT2D eigenvalue weighted by atomic mass is 16.5. The fourth-order valence-corrected chi connectivity index (χ4v) is 2.89. The molecule has 0 aliphatic heterocycles. The van der Waals surface area contributed by atoms with Gasteiger partial charge in [-0.3, -0.25) is 4.79 Å². The van der Waals surface area contributed by atoms with E-state index in [4.69, 9.17) is 13.9 Å². The molecule has 0 bridgehead atoms. The monoisotopic (exact) mass is 397 g/mol. The number of fused-ring (bicyclic) bond motifs is 1. The summed E-state index contributed by atoms with van der Waals surface area (Å²) in [6, 6.07) is 18.4. The van der Waals surface area contributed by atoms with Crippen LogP contribution in [-0.4, -0.2) is 46.1 Å². The molecule has 0 saturated heterocycles. The highest BCUT2D eigenvalue weighted by Crippen LogP contribution is 2.28. The molecule has 0 aliphatic rings. The van der Waals surface area contributed by atoms with Gasteiger partial charge in [0.25, 0.3) is 0 Å². The number of benzene rings is 2. The summed E-state index contributed by atoms with van der Waals surface area (Å²) < 4.78 is 21.4. The zero-order chi connectivity index (χ0) is 20.3. The third-order valence-corrected chi connectivity index (χ3v) is 4.45. The smallest absolute Gasteiger partial charge is 0.307 e. The van der Waals surface area contributed by atoms with Gasteiger partial charge in [-0.25, -0.2) is 0 Å². The van der Waals surface area contributed by atoms with E-state index in [9.17, 15) is 4.79 Å². The topological polar surface area (TPSA) is 69.9 Å². The van der Waals surface area contributed by atoms with Crippen molar-refractivity contribution < 1.29 is 23.4 Å². The van der Waals surface area contributed by atoms with Gasteiger partial charge in [-0.2, -0.15) is 0 Å². The molecule has 1 aromatic heterocycles. The molecule has 0 atom stereocenters. The first-order valence-electron chi connectivity index (χ1n) is 9.77. The van der Waals surface area contributed by atoms with Crippen LogP contribution in [0.15, 0.2) is 59.0 Å². The van der Waals surface area contributed by atoms with Gasteiger partial charge in [0.15, 0.2) is 0 Å². The molecule has 6 heteroatoms. The van der Waals surface area contributed by atoms with Gasteiger partial charge in [-0.15, -0.1) is 0 Å². The minimum absolute atomic E-state index is 0.265. The van der Waals surface area contributed by atoms with Crippen LogP contribution in [-0.2, 0) is 25.5 Å². The average molecular weight is 397 g/mol. The van der Waals surface area contributed by atoms with Gasteiger partial charge in [-0.05, 0) is 17.7 Å². The van der Waals surface area contributed by atoms with Crippen LogP contribution in [0.2, 0.25) is 0 Å². The van der Waals surface area contributed by atoms with Crippen molar-refractivity contribution in [3.05, 3.63) is 60.2 Å². The van der Waals surface area contributed by atoms with Crippen LogP contribution in [0, 0.1) is 0 Å². The van der Waals surface area contributed by atoms with E-state index in [0.717, 1.165) is 40.9 Å². The molecule has 0 radical (unpaired) electrons. The van der Waals surface area contributed by atoms with Crippen molar-refractivity contribution >= 4 is 16.9 Å². The van der Waals surface area contributed by atoms with E-state index in [1.54, 1.807) is 0 Å². The summed E-state index contributed by atoms with van der Waals surface area (Å²) in [6.07, 6.45) is 0.269. The second kappa shape index (κ2) is 11.4. The van der Waals surface area contributed by atoms with Crippen LogP contribution in [0.25, 0.3) is 22.3 Å². The Hall–Kier alpha value is -2.67. The van der Waals surface area contributed by atoms with Crippen molar-refractivity contribution in [1.29, 1.82) is 0 Å². The predicted molar refractivity (Wildman–Crippen MR) is 112 cm³/mol. The lowest BCUT2D eigenvalue weighted by molar-refractivity contribution is -0.141. The Morgan fingerprint density at radius 2 is 1.76 bits per heavy atom. The largest absolute Gasteiger partial charge is 0.469 e. The van der Waals surface area contributed by atoms with Crippen LogP contribution in [0.1, 0.15) is 12.0 Å². The Bertz CT molecular complexity index is 891. The normalized spacial score (nSPS) is 11.1. The quantitative estimate of drug-likeness (QED) is 0.370. The van der Waals surface area contributed by atoms with E-state index in [1.165, 1.54) is 7.11 Å². The van der Waals surface area contributed by atoms with Gasteiger partial charge in [0, 0.05) is 24.0 Å². The van der Waals surface area contributed by atoms with Gasteiger partial charge in [0.2, 0.25) is 0 Å². The van der Waals surface area contributed by atoms with Crippen molar-refractivity contribution in [3.8, 4) is 11.3 Å². The van der Waals surface area contributed by atoms with Gasteiger partial charge < -0.3 is 23.9 Å². The molecule has 2 aromatic carbocycles. The first kappa shape index (κ1) is 21.0. The lowest BCUT2D eigenvalue weighted by Gasteiger charge is -2.07. The van der Waals surface area contributed by atoms with Crippen LogP contribution in [0.3, 0.4) is 0 Å². The Balaban J connectivity index is 1.33. The maximum atomic E-state index is 10.9. The number of methoxy groups -OCH3 is 1. The van der Waals surface area contributed by atoms with Gasteiger partial charge in [0.1, 0.15) is 11.3 Å². The second-order valence-electron chi connectivity index (χ2n) is 6.58. The van der Waals surface area contributed by atoms with E-state index < -0.39 is 0 Å². The zero-order valence-corrected chi connectivity index (χ0v) is 16.7. The van der Waals surface area contributed by atoms with E-state index in [1.807, 2.05) is 30.3 Å². The number of rotatable bonds is 12. The van der Waals surface area contributed by atoms with Crippen LogP contribution in [0.5, 0.6) is 0 Å². The Kier molecular flexibility index (Phi) is 8.25. The third-order valence-electron chi connectivity index (χ3n) is 4.45. The lowest BCUT2D eigenvalue weighted by atomic mass is 10.1. The molecule has 6 nitrogen and oxygen atoms in total. The molecule has 0 amide bonds. The minimum atomic E-state index is -0.265. The number of nitrogens with one attached hydrogen (secondary N) is 1. The predicted octanol–water partition coefficient (Wildman–Crippen LogP) is 3.79. The molecule has 0 aliphatic carbocycles.